The van der Waals surface area contributed by atoms with Crippen LogP contribution in [0.25, 0.3) is 0 Å². The molecule has 0 spiro atoms. The van der Waals surface area contributed by atoms with Crippen LogP contribution >= 0.6 is 11.8 Å². The average Bonchev–Trinajstić information content (AvgIpc) is 2.45. The highest BCUT2D eigenvalue weighted by atomic mass is 32.2. The maximum atomic E-state index is 12.7. The van der Waals surface area contributed by atoms with Gasteiger partial charge >= 0.3 is 6.18 Å². The molecule has 3 nitrogen and oxygen atoms in total. The van der Waals surface area contributed by atoms with Gasteiger partial charge in [0.05, 0.1) is 5.56 Å². The molecule has 0 aliphatic carbocycles. The highest BCUT2D eigenvalue weighted by Gasteiger charge is 2.33. The van der Waals surface area contributed by atoms with Gasteiger partial charge in [0.15, 0.2) is 0 Å². The molecule has 0 aliphatic heterocycles. The summed E-state index contributed by atoms with van der Waals surface area (Å²) in [5.74, 6) is -0.401. The fourth-order valence-corrected chi connectivity index (χ4v) is 2.60. The number of benzene rings is 1. The van der Waals surface area contributed by atoms with E-state index >= 15 is 0 Å². The van der Waals surface area contributed by atoms with Crippen molar-refractivity contribution in [3.63, 3.8) is 0 Å². The highest BCUT2D eigenvalue weighted by molar-refractivity contribution is 7.98. The molecule has 0 bridgehead atoms. The second-order valence-electron chi connectivity index (χ2n) is 4.19. The zero-order chi connectivity index (χ0) is 15.5. The van der Waals surface area contributed by atoms with Gasteiger partial charge in [0.25, 0.3) is 5.91 Å². The number of hydrogen-bond donors (Lipinski definition) is 1. The van der Waals surface area contributed by atoms with Gasteiger partial charge < -0.3 is 5.73 Å². The number of hydrogen-bond acceptors (Lipinski definition) is 3. The molecule has 0 atom stereocenters. The summed E-state index contributed by atoms with van der Waals surface area (Å²) in [5.41, 5.74) is 5.03. The van der Waals surface area contributed by atoms with Gasteiger partial charge in [0.2, 0.25) is 0 Å². The van der Waals surface area contributed by atoms with Crippen LogP contribution in [0.15, 0.2) is 47.5 Å². The standard InChI is InChI=1S/C14H11F3N2OS/c15-14(16,17)11-7-6-10(12(18)20)13(19-11)21-8-9-4-2-1-3-5-9/h1-7H,8H2,(H2,18,20). The van der Waals surface area contributed by atoms with E-state index < -0.39 is 17.8 Å². The molecule has 2 N–H and O–H groups in total. The Kier molecular flexibility index (Phi) is 4.52. The van der Waals surface area contributed by atoms with E-state index in [1.807, 2.05) is 30.3 Å². The summed E-state index contributed by atoms with van der Waals surface area (Å²) in [6.45, 7) is 0. The number of alkyl halides is 3. The predicted molar refractivity (Wildman–Crippen MR) is 73.8 cm³/mol. The number of amides is 1. The normalized spacial score (nSPS) is 11.4. The van der Waals surface area contributed by atoms with Gasteiger partial charge in [-0.3, -0.25) is 4.79 Å². The van der Waals surface area contributed by atoms with Crippen LogP contribution in [0.3, 0.4) is 0 Å². The molecule has 0 saturated carbocycles. The summed E-state index contributed by atoms with van der Waals surface area (Å²) < 4.78 is 38.0. The Bertz CT molecular complexity index is 644. The molecule has 0 unspecified atom stereocenters. The van der Waals surface area contributed by atoms with E-state index in [2.05, 4.69) is 4.98 Å². The van der Waals surface area contributed by atoms with Gasteiger partial charge in [-0.25, -0.2) is 4.98 Å². The number of thioether (sulfide) groups is 1. The van der Waals surface area contributed by atoms with Crippen molar-refractivity contribution < 1.29 is 18.0 Å². The van der Waals surface area contributed by atoms with Gasteiger partial charge in [0, 0.05) is 5.75 Å². The zero-order valence-electron chi connectivity index (χ0n) is 10.7. The lowest BCUT2D eigenvalue weighted by Gasteiger charge is -2.10. The molecule has 0 radical (unpaired) electrons. The molecule has 2 aromatic rings. The molecule has 0 fully saturated rings. The Morgan fingerprint density at radius 3 is 2.38 bits per heavy atom. The summed E-state index contributed by atoms with van der Waals surface area (Å²) in [6, 6.07) is 11.0. The van der Waals surface area contributed by atoms with Crippen LogP contribution in [0.2, 0.25) is 0 Å². The van der Waals surface area contributed by atoms with E-state index in [4.69, 9.17) is 5.73 Å². The third-order valence-corrected chi connectivity index (χ3v) is 3.70. The Labute approximate surface area is 123 Å². The highest BCUT2D eigenvalue weighted by Crippen LogP contribution is 2.31. The molecule has 2 rings (SSSR count). The van der Waals surface area contributed by atoms with Crippen LogP contribution in [0.4, 0.5) is 13.2 Å². The lowest BCUT2D eigenvalue weighted by atomic mass is 10.2. The Morgan fingerprint density at radius 2 is 1.81 bits per heavy atom. The molecular weight excluding hydrogens is 301 g/mol. The van der Waals surface area contributed by atoms with Crippen molar-refractivity contribution in [2.45, 2.75) is 17.0 Å². The van der Waals surface area contributed by atoms with Crippen LogP contribution in [0, 0.1) is 0 Å². The number of pyridine rings is 1. The van der Waals surface area contributed by atoms with Crippen molar-refractivity contribution >= 4 is 17.7 Å². The van der Waals surface area contributed by atoms with Gasteiger partial charge in [-0.1, -0.05) is 30.3 Å². The number of nitrogens with two attached hydrogens (primary N) is 1. The van der Waals surface area contributed by atoms with Crippen molar-refractivity contribution in [3.8, 4) is 0 Å². The summed E-state index contributed by atoms with van der Waals surface area (Å²) >= 11 is 1.05. The monoisotopic (exact) mass is 312 g/mol. The molecule has 1 aromatic heterocycles. The minimum absolute atomic E-state index is 0.0102. The minimum atomic E-state index is -4.56. The lowest BCUT2D eigenvalue weighted by Crippen LogP contribution is -2.16. The molecule has 7 heteroatoms. The molecule has 1 aromatic carbocycles. The predicted octanol–water partition coefficient (Wildman–Crippen LogP) is 3.49. The van der Waals surface area contributed by atoms with Gasteiger partial charge in [-0.2, -0.15) is 13.2 Å². The molecular formula is C14H11F3N2OS. The van der Waals surface area contributed by atoms with E-state index in [1.165, 1.54) is 0 Å². The fraction of sp³-hybridized carbons (Fsp3) is 0.143. The zero-order valence-corrected chi connectivity index (χ0v) is 11.5. The number of carbonyl (C=O) groups excluding carboxylic acids is 1. The van der Waals surface area contributed by atoms with Crippen LogP contribution in [0.1, 0.15) is 21.6 Å². The van der Waals surface area contributed by atoms with E-state index in [0.29, 0.717) is 5.75 Å². The van der Waals surface area contributed by atoms with E-state index in [9.17, 15) is 18.0 Å². The SMILES string of the molecule is NC(=O)c1ccc(C(F)(F)F)nc1SCc1ccccc1. The Balaban J connectivity index is 2.29. The number of carbonyl (C=O) groups is 1. The van der Waals surface area contributed by atoms with Crippen molar-refractivity contribution in [2.75, 3.05) is 0 Å². The third-order valence-electron chi connectivity index (χ3n) is 2.63. The summed E-state index contributed by atoms with van der Waals surface area (Å²) in [5, 5.41) is -0.0128. The minimum Gasteiger partial charge on any atom is -0.366 e. The quantitative estimate of drug-likeness (QED) is 0.879. The van der Waals surface area contributed by atoms with E-state index in [-0.39, 0.29) is 10.6 Å². The van der Waals surface area contributed by atoms with Gasteiger partial charge in [-0.05, 0) is 17.7 Å². The lowest BCUT2D eigenvalue weighted by molar-refractivity contribution is -0.141. The van der Waals surface area contributed by atoms with Crippen LogP contribution in [-0.2, 0) is 11.9 Å². The first-order valence-electron chi connectivity index (χ1n) is 5.92. The van der Waals surface area contributed by atoms with E-state index in [1.54, 1.807) is 0 Å². The average molecular weight is 312 g/mol. The molecule has 0 saturated heterocycles. The Morgan fingerprint density at radius 1 is 1.14 bits per heavy atom. The van der Waals surface area contributed by atoms with Crippen molar-refractivity contribution in [1.29, 1.82) is 0 Å². The molecule has 1 amide bonds. The number of primary amides is 1. The Hall–Kier alpha value is -2.02. The molecule has 110 valence electrons. The van der Waals surface area contributed by atoms with Crippen LogP contribution < -0.4 is 5.73 Å². The first kappa shape index (κ1) is 15.4. The maximum absolute atomic E-state index is 12.7. The third kappa shape index (κ3) is 3.98. The second-order valence-corrected chi connectivity index (χ2v) is 5.15. The van der Waals surface area contributed by atoms with Crippen LogP contribution in [-0.4, -0.2) is 10.9 Å². The van der Waals surface area contributed by atoms with E-state index in [0.717, 1.165) is 29.5 Å². The van der Waals surface area contributed by atoms with Gasteiger partial charge in [-0.15, -0.1) is 11.8 Å². The number of halogens is 3. The first-order chi connectivity index (χ1) is 9.88. The van der Waals surface area contributed by atoms with Crippen molar-refractivity contribution in [3.05, 3.63) is 59.3 Å². The smallest absolute Gasteiger partial charge is 0.366 e. The summed E-state index contributed by atoms with van der Waals surface area (Å²) in [6.07, 6.45) is -4.56. The molecule has 0 aliphatic rings. The van der Waals surface area contributed by atoms with Crippen molar-refractivity contribution in [1.82, 2.24) is 4.98 Å². The van der Waals surface area contributed by atoms with Crippen LogP contribution in [0.5, 0.6) is 0 Å². The molecule has 1 heterocycles. The van der Waals surface area contributed by atoms with Gasteiger partial charge in [0.1, 0.15) is 10.7 Å². The van der Waals surface area contributed by atoms with Crippen molar-refractivity contribution in [2.24, 2.45) is 5.73 Å². The summed E-state index contributed by atoms with van der Waals surface area (Å²) in [7, 11) is 0. The first-order valence-corrected chi connectivity index (χ1v) is 6.91. The largest absolute Gasteiger partial charge is 0.433 e. The maximum Gasteiger partial charge on any atom is 0.433 e. The number of nitrogens with zero attached hydrogens (tertiary/aromatic N) is 1. The fourth-order valence-electron chi connectivity index (χ4n) is 1.62. The molecule has 21 heavy (non-hydrogen) atoms. The summed E-state index contributed by atoms with van der Waals surface area (Å²) in [4.78, 5) is 14.8. The topological polar surface area (TPSA) is 56.0 Å². The number of aromatic nitrogens is 1. The number of rotatable bonds is 4. The second kappa shape index (κ2) is 6.17.